The smallest absolute Gasteiger partial charge is 0.0889 e. The molecule has 0 aliphatic carbocycles. The molecule has 0 aliphatic heterocycles. The number of halogens is 1. The molecule has 1 heterocycles. The number of aryl methyl sites for hydroxylation is 1. The topological polar surface area (TPSA) is 25.8 Å². The molecule has 0 saturated heterocycles. The van der Waals surface area contributed by atoms with Crippen molar-refractivity contribution < 1.29 is 0 Å². The normalized spacial score (nSPS) is 9.67. The van der Waals surface area contributed by atoms with Gasteiger partial charge in [0.25, 0.3) is 0 Å². The van der Waals surface area contributed by atoms with E-state index >= 15 is 0 Å². The largest absolute Gasteiger partial charge is 0.253 e. The van der Waals surface area contributed by atoms with Gasteiger partial charge in [0.2, 0.25) is 0 Å². The molecule has 0 fully saturated rings. The van der Waals surface area contributed by atoms with Gasteiger partial charge >= 0.3 is 0 Å². The zero-order valence-corrected chi connectivity index (χ0v) is 10.8. The number of hydrogen-bond acceptors (Lipinski definition) is 2. The summed E-state index contributed by atoms with van der Waals surface area (Å²) in [6.45, 7) is 2.05. The Hall–Kier alpha value is -1.93. The molecule has 0 N–H and O–H groups in total. The summed E-state index contributed by atoms with van der Waals surface area (Å²) in [4.78, 5) is 8.34. The van der Waals surface area contributed by atoms with Crippen LogP contribution in [-0.2, 0) is 0 Å². The zero-order valence-electron chi connectivity index (χ0n) is 10.0. The summed E-state index contributed by atoms with van der Waals surface area (Å²) < 4.78 is 0. The van der Waals surface area contributed by atoms with E-state index in [0.29, 0.717) is 0 Å². The molecule has 0 unspecified atom stereocenters. The fourth-order valence-electron chi connectivity index (χ4n) is 1.49. The van der Waals surface area contributed by atoms with Crippen molar-refractivity contribution in [2.24, 2.45) is 0 Å². The minimum absolute atomic E-state index is 0.794. The molecular weight excluding hydrogens is 244 g/mol. The molecule has 0 aliphatic rings. The van der Waals surface area contributed by atoms with Crippen LogP contribution in [0.5, 0.6) is 0 Å². The van der Waals surface area contributed by atoms with Crippen LogP contribution in [0, 0.1) is 6.92 Å². The molecular formula is C15H13ClN2. The number of fused-ring (bicyclic) bond motifs is 1. The van der Waals surface area contributed by atoms with Gasteiger partial charge in [-0.3, -0.25) is 9.97 Å². The maximum Gasteiger partial charge on any atom is 0.0889 e. The maximum absolute atomic E-state index is 5.54. The second-order valence-electron chi connectivity index (χ2n) is 3.84. The van der Waals surface area contributed by atoms with Crippen LogP contribution in [-0.4, -0.2) is 9.97 Å². The van der Waals surface area contributed by atoms with Crippen molar-refractivity contribution in [3.05, 3.63) is 71.5 Å². The van der Waals surface area contributed by atoms with Crippen molar-refractivity contribution in [3.63, 3.8) is 0 Å². The first-order valence-corrected chi connectivity index (χ1v) is 6.01. The standard InChI is InChI=1S/C9H8N2.C6H5Cl/c1-7-2-3-8-9(6-7)11-5-4-10-8;7-6-4-2-1-3-5-6/h2-6H,1H3;1-5H. The Bertz CT molecular complexity index is 623. The predicted molar refractivity (Wildman–Crippen MR) is 75.7 cm³/mol. The summed E-state index contributed by atoms with van der Waals surface area (Å²) in [6.07, 6.45) is 3.42. The quantitative estimate of drug-likeness (QED) is 0.600. The average Bonchev–Trinajstić information content (AvgIpc) is 2.40. The Morgan fingerprint density at radius 2 is 1.50 bits per heavy atom. The van der Waals surface area contributed by atoms with E-state index < -0.39 is 0 Å². The van der Waals surface area contributed by atoms with Gasteiger partial charge in [-0.2, -0.15) is 0 Å². The van der Waals surface area contributed by atoms with Gasteiger partial charge in [0, 0.05) is 17.4 Å². The van der Waals surface area contributed by atoms with Crippen molar-refractivity contribution in [2.75, 3.05) is 0 Å². The molecule has 1 aromatic heterocycles. The third-order valence-electron chi connectivity index (χ3n) is 2.36. The lowest BCUT2D eigenvalue weighted by molar-refractivity contribution is 1.28. The van der Waals surface area contributed by atoms with Crippen LogP contribution in [0.3, 0.4) is 0 Å². The monoisotopic (exact) mass is 256 g/mol. The highest BCUT2D eigenvalue weighted by Gasteiger charge is 1.92. The highest BCUT2D eigenvalue weighted by Crippen LogP contribution is 2.08. The van der Waals surface area contributed by atoms with Crippen LogP contribution in [0.2, 0.25) is 5.02 Å². The SMILES string of the molecule is Cc1ccc2nccnc2c1.Clc1ccccc1. The van der Waals surface area contributed by atoms with Gasteiger partial charge in [-0.15, -0.1) is 0 Å². The molecule has 18 heavy (non-hydrogen) atoms. The summed E-state index contributed by atoms with van der Waals surface area (Å²) in [5.41, 5.74) is 3.14. The summed E-state index contributed by atoms with van der Waals surface area (Å²) in [5.74, 6) is 0. The second-order valence-corrected chi connectivity index (χ2v) is 4.28. The van der Waals surface area contributed by atoms with Gasteiger partial charge in [0.15, 0.2) is 0 Å². The van der Waals surface area contributed by atoms with Gasteiger partial charge in [0.05, 0.1) is 11.0 Å². The zero-order chi connectivity index (χ0) is 12.8. The van der Waals surface area contributed by atoms with Crippen LogP contribution >= 0.6 is 11.6 Å². The highest BCUT2D eigenvalue weighted by molar-refractivity contribution is 6.30. The number of aromatic nitrogens is 2. The molecule has 0 amide bonds. The molecule has 3 aromatic rings. The van der Waals surface area contributed by atoms with Crippen LogP contribution in [0.4, 0.5) is 0 Å². The van der Waals surface area contributed by atoms with Crippen LogP contribution < -0.4 is 0 Å². The number of rotatable bonds is 0. The maximum atomic E-state index is 5.54. The molecule has 0 spiro atoms. The van der Waals surface area contributed by atoms with E-state index in [9.17, 15) is 0 Å². The molecule has 0 saturated carbocycles. The Kier molecular flexibility index (Phi) is 4.26. The third-order valence-corrected chi connectivity index (χ3v) is 2.61. The third kappa shape index (κ3) is 3.54. The first-order chi connectivity index (χ1) is 8.75. The first kappa shape index (κ1) is 12.5. The fraction of sp³-hybridized carbons (Fsp3) is 0.0667. The minimum Gasteiger partial charge on any atom is -0.253 e. The number of benzene rings is 2. The molecule has 2 aromatic carbocycles. The van der Waals surface area contributed by atoms with Crippen LogP contribution in [0.1, 0.15) is 5.56 Å². The number of nitrogens with zero attached hydrogens (tertiary/aromatic N) is 2. The van der Waals surface area contributed by atoms with Crippen molar-refractivity contribution in [3.8, 4) is 0 Å². The lowest BCUT2D eigenvalue weighted by Crippen LogP contribution is -1.81. The Labute approximate surface area is 111 Å². The average molecular weight is 257 g/mol. The minimum atomic E-state index is 0.794. The summed E-state index contributed by atoms with van der Waals surface area (Å²) >= 11 is 5.54. The van der Waals surface area contributed by atoms with Gasteiger partial charge in [0.1, 0.15) is 0 Å². The molecule has 3 heteroatoms. The predicted octanol–water partition coefficient (Wildman–Crippen LogP) is 4.28. The molecule has 0 bridgehead atoms. The second kappa shape index (κ2) is 6.12. The van der Waals surface area contributed by atoms with Crippen LogP contribution in [0.15, 0.2) is 60.9 Å². The van der Waals surface area contributed by atoms with Gasteiger partial charge in [-0.05, 0) is 36.8 Å². The van der Waals surface area contributed by atoms with E-state index in [0.717, 1.165) is 16.1 Å². The molecule has 0 radical (unpaired) electrons. The van der Waals surface area contributed by atoms with Crippen molar-refractivity contribution in [1.29, 1.82) is 0 Å². The molecule has 0 atom stereocenters. The Morgan fingerprint density at radius 1 is 0.833 bits per heavy atom. The van der Waals surface area contributed by atoms with Crippen LogP contribution in [0.25, 0.3) is 11.0 Å². The summed E-state index contributed by atoms with van der Waals surface area (Å²) in [6, 6.07) is 15.5. The van der Waals surface area contributed by atoms with E-state index in [1.165, 1.54) is 5.56 Å². The van der Waals surface area contributed by atoms with E-state index in [-0.39, 0.29) is 0 Å². The number of hydrogen-bond donors (Lipinski definition) is 0. The van der Waals surface area contributed by atoms with E-state index in [1.807, 2.05) is 55.5 Å². The lowest BCUT2D eigenvalue weighted by Gasteiger charge is -1.95. The van der Waals surface area contributed by atoms with Gasteiger partial charge < -0.3 is 0 Å². The van der Waals surface area contributed by atoms with Crippen molar-refractivity contribution in [2.45, 2.75) is 6.92 Å². The van der Waals surface area contributed by atoms with Gasteiger partial charge in [-0.25, -0.2) is 0 Å². The summed E-state index contributed by atoms with van der Waals surface area (Å²) in [5, 5.41) is 0.794. The van der Waals surface area contributed by atoms with E-state index in [4.69, 9.17) is 11.6 Å². The van der Waals surface area contributed by atoms with Crippen molar-refractivity contribution in [1.82, 2.24) is 9.97 Å². The Balaban J connectivity index is 0.000000149. The van der Waals surface area contributed by atoms with E-state index in [2.05, 4.69) is 9.97 Å². The molecule has 3 rings (SSSR count). The summed E-state index contributed by atoms with van der Waals surface area (Å²) in [7, 11) is 0. The lowest BCUT2D eigenvalue weighted by atomic mass is 10.2. The highest BCUT2D eigenvalue weighted by atomic mass is 35.5. The van der Waals surface area contributed by atoms with Gasteiger partial charge in [-0.1, -0.05) is 35.9 Å². The molecule has 2 nitrogen and oxygen atoms in total. The van der Waals surface area contributed by atoms with E-state index in [1.54, 1.807) is 12.4 Å². The first-order valence-electron chi connectivity index (χ1n) is 5.63. The fourth-order valence-corrected chi connectivity index (χ4v) is 1.63. The molecule has 90 valence electrons. The van der Waals surface area contributed by atoms with Crippen molar-refractivity contribution >= 4 is 22.6 Å². The Morgan fingerprint density at radius 3 is 2.11 bits per heavy atom.